The Bertz CT molecular complexity index is 1000. The van der Waals surface area contributed by atoms with E-state index in [1.54, 1.807) is 18.2 Å². The van der Waals surface area contributed by atoms with Gasteiger partial charge in [-0.2, -0.15) is 13.2 Å². The highest BCUT2D eigenvalue weighted by Crippen LogP contribution is 2.29. The second kappa shape index (κ2) is 8.44. The smallest absolute Gasteiger partial charge is 0.350 e. The SMILES string of the molecule is Cc1ccc(N(C(C)C(=O)NCc2cccc(C(F)(F)F)c2)S(C)(=O)=O)cc1C. The highest BCUT2D eigenvalue weighted by molar-refractivity contribution is 7.92. The first-order valence-corrected chi connectivity index (χ1v) is 10.7. The van der Waals surface area contributed by atoms with Crippen LogP contribution in [0.2, 0.25) is 0 Å². The molecule has 158 valence electrons. The lowest BCUT2D eigenvalue weighted by molar-refractivity contribution is -0.137. The van der Waals surface area contributed by atoms with Crippen LogP contribution in [0.15, 0.2) is 42.5 Å². The summed E-state index contributed by atoms with van der Waals surface area (Å²) in [5.41, 5.74) is 1.64. The van der Waals surface area contributed by atoms with Crippen LogP contribution in [0.3, 0.4) is 0 Å². The predicted molar refractivity (Wildman–Crippen MR) is 106 cm³/mol. The molecule has 0 aliphatic heterocycles. The molecule has 0 aliphatic rings. The Morgan fingerprint density at radius 1 is 1.10 bits per heavy atom. The third-order valence-corrected chi connectivity index (χ3v) is 5.80. The van der Waals surface area contributed by atoms with Crippen LogP contribution in [0, 0.1) is 13.8 Å². The standard InChI is InChI=1S/C20H23F3N2O3S/c1-13-8-9-18(10-14(13)2)25(29(4,27)28)15(3)19(26)24-12-16-6-5-7-17(11-16)20(21,22)23/h5-11,15H,12H2,1-4H3,(H,24,26). The molecular weight excluding hydrogens is 405 g/mol. The highest BCUT2D eigenvalue weighted by Gasteiger charge is 2.31. The van der Waals surface area contributed by atoms with Crippen LogP contribution in [-0.4, -0.2) is 26.6 Å². The summed E-state index contributed by atoms with van der Waals surface area (Å²) >= 11 is 0. The molecule has 2 aromatic carbocycles. The average Bonchev–Trinajstić information content (AvgIpc) is 2.61. The molecule has 1 unspecified atom stereocenters. The van der Waals surface area contributed by atoms with Gasteiger partial charge < -0.3 is 5.32 Å². The molecule has 0 saturated heterocycles. The fourth-order valence-electron chi connectivity index (χ4n) is 2.87. The van der Waals surface area contributed by atoms with Crippen LogP contribution in [0.1, 0.15) is 29.2 Å². The molecule has 0 saturated carbocycles. The molecule has 0 radical (unpaired) electrons. The Labute approximate surface area is 168 Å². The maximum Gasteiger partial charge on any atom is 0.416 e. The van der Waals surface area contributed by atoms with E-state index in [2.05, 4.69) is 5.32 Å². The molecule has 0 heterocycles. The van der Waals surface area contributed by atoms with Crippen molar-refractivity contribution >= 4 is 21.6 Å². The normalized spacial score (nSPS) is 13.1. The van der Waals surface area contributed by atoms with Crippen LogP contribution in [0.25, 0.3) is 0 Å². The van der Waals surface area contributed by atoms with Crippen molar-refractivity contribution in [2.24, 2.45) is 0 Å². The van der Waals surface area contributed by atoms with Gasteiger partial charge in [0.1, 0.15) is 6.04 Å². The lowest BCUT2D eigenvalue weighted by Gasteiger charge is -2.28. The molecule has 0 aromatic heterocycles. The largest absolute Gasteiger partial charge is 0.416 e. The number of benzene rings is 2. The number of aryl methyl sites for hydroxylation is 2. The average molecular weight is 428 g/mol. The number of alkyl halides is 3. The highest BCUT2D eigenvalue weighted by atomic mass is 32.2. The second-order valence-corrected chi connectivity index (χ2v) is 8.78. The summed E-state index contributed by atoms with van der Waals surface area (Å²) in [7, 11) is -3.78. The van der Waals surface area contributed by atoms with E-state index in [-0.39, 0.29) is 12.1 Å². The van der Waals surface area contributed by atoms with Gasteiger partial charge in [0.2, 0.25) is 15.9 Å². The van der Waals surface area contributed by atoms with Crippen molar-refractivity contribution in [2.45, 2.75) is 39.5 Å². The predicted octanol–water partition coefficient (Wildman–Crippen LogP) is 3.79. The summed E-state index contributed by atoms with van der Waals surface area (Å²) in [6.07, 6.45) is -3.48. The van der Waals surface area contributed by atoms with Gasteiger partial charge in [0, 0.05) is 6.54 Å². The molecule has 5 nitrogen and oxygen atoms in total. The topological polar surface area (TPSA) is 66.5 Å². The monoisotopic (exact) mass is 428 g/mol. The van der Waals surface area contributed by atoms with Gasteiger partial charge >= 0.3 is 6.18 Å². The molecule has 0 bridgehead atoms. The lowest BCUT2D eigenvalue weighted by atomic mass is 10.1. The Hall–Kier alpha value is -2.55. The number of nitrogens with zero attached hydrogens (tertiary/aromatic N) is 1. The van der Waals surface area contributed by atoms with E-state index >= 15 is 0 Å². The Kier molecular flexibility index (Phi) is 6.62. The fraction of sp³-hybridized carbons (Fsp3) is 0.350. The molecular formula is C20H23F3N2O3S. The molecule has 1 atom stereocenters. The van der Waals surface area contributed by atoms with E-state index in [1.165, 1.54) is 19.1 Å². The zero-order chi connectivity index (χ0) is 22.0. The third-order valence-electron chi connectivity index (χ3n) is 4.55. The molecule has 1 amide bonds. The van der Waals surface area contributed by atoms with Gasteiger partial charge in [-0.15, -0.1) is 0 Å². The van der Waals surface area contributed by atoms with Crippen molar-refractivity contribution < 1.29 is 26.4 Å². The minimum atomic E-state index is -4.48. The van der Waals surface area contributed by atoms with Gasteiger partial charge in [0.05, 0.1) is 17.5 Å². The van der Waals surface area contributed by atoms with Gasteiger partial charge in [-0.25, -0.2) is 8.42 Å². The molecule has 9 heteroatoms. The number of hydrogen-bond donors (Lipinski definition) is 1. The maximum absolute atomic E-state index is 12.8. The van der Waals surface area contributed by atoms with Crippen LogP contribution < -0.4 is 9.62 Å². The van der Waals surface area contributed by atoms with E-state index in [9.17, 15) is 26.4 Å². The van der Waals surface area contributed by atoms with Crippen molar-refractivity contribution in [1.82, 2.24) is 5.32 Å². The summed E-state index contributed by atoms with van der Waals surface area (Å²) in [5, 5.41) is 2.51. The number of carbonyl (C=O) groups is 1. The van der Waals surface area contributed by atoms with E-state index < -0.39 is 33.7 Å². The van der Waals surface area contributed by atoms with Crippen molar-refractivity contribution in [2.75, 3.05) is 10.6 Å². The first-order chi connectivity index (χ1) is 13.3. The first-order valence-electron chi connectivity index (χ1n) is 8.81. The van der Waals surface area contributed by atoms with E-state index in [0.717, 1.165) is 33.8 Å². The molecule has 29 heavy (non-hydrogen) atoms. The second-order valence-electron chi connectivity index (χ2n) is 6.92. The van der Waals surface area contributed by atoms with E-state index in [4.69, 9.17) is 0 Å². The molecule has 0 spiro atoms. The number of carbonyl (C=O) groups excluding carboxylic acids is 1. The van der Waals surface area contributed by atoms with Crippen LogP contribution >= 0.6 is 0 Å². The first kappa shape index (κ1) is 22.7. The molecule has 1 N–H and O–H groups in total. The van der Waals surface area contributed by atoms with Crippen molar-refractivity contribution in [3.63, 3.8) is 0 Å². The lowest BCUT2D eigenvalue weighted by Crippen LogP contribution is -2.47. The number of sulfonamides is 1. The van der Waals surface area contributed by atoms with E-state index in [0.29, 0.717) is 5.69 Å². The number of anilines is 1. The number of halogens is 3. The van der Waals surface area contributed by atoms with Gasteiger partial charge in [-0.3, -0.25) is 9.10 Å². The Morgan fingerprint density at radius 3 is 2.31 bits per heavy atom. The van der Waals surface area contributed by atoms with Gasteiger partial charge in [-0.1, -0.05) is 18.2 Å². The summed E-state index contributed by atoms with van der Waals surface area (Å²) in [4.78, 5) is 12.6. The molecule has 2 rings (SSSR count). The summed E-state index contributed by atoms with van der Waals surface area (Å²) in [5.74, 6) is -0.619. The third kappa shape index (κ3) is 5.72. The Balaban J connectivity index is 2.21. The van der Waals surface area contributed by atoms with Crippen LogP contribution in [-0.2, 0) is 27.5 Å². The maximum atomic E-state index is 12.8. The number of amides is 1. The molecule has 0 fully saturated rings. The summed E-state index contributed by atoms with van der Waals surface area (Å²) < 4.78 is 64.1. The fourth-order valence-corrected chi connectivity index (χ4v) is 4.03. The van der Waals surface area contributed by atoms with Crippen molar-refractivity contribution in [3.8, 4) is 0 Å². The molecule has 0 aliphatic carbocycles. The van der Waals surface area contributed by atoms with Crippen molar-refractivity contribution in [3.05, 3.63) is 64.7 Å². The number of nitrogens with one attached hydrogen (secondary N) is 1. The van der Waals surface area contributed by atoms with Gasteiger partial charge in [0.15, 0.2) is 0 Å². The zero-order valence-corrected chi connectivity index (χ0v) is 17.4. The van der Waals surface area contributed by atoms with E-state index in [1.807, 2.05) is 13.8 Å². The van der Waals surface area contributed by atoms with Crippen molar-refractivity contribution in [1.29, 1.82) is 0 Å². The summed E-state index contributed by atoms with van der Waals surface area (Å²) in [6.45, 7) is 4.99. The van der Waals surface area contributed by atoms with Crippen LogP contribution in [0.5, 0.6) is 0 Å². The quantitative estimate of drug-likeness (QED) is 0.761. The Morgan fingerprint density at radius 2 is 1.76 bits per heavy atom. The number of hydrogen-bond acceptors (Lipinski definition) is 3. The number of rotatable bonds is 6. The minimum absolute atomic E-state index is 0.155. The molecule has 2 aromatic rings. The minimum Gasteiger partial charge on any atom is -0.350 e. The summed E-state index contributed by atoms with van der Waals surface area (Å²) in [6, 6.07) is 8.56. The van der Waals surface area contributed by atoms with Gasteiger partial charge in [-0.05, 0) is 61.7 Å². The van der Waals surface area contributed by atoms with Crippen LogP contribution in [0.4, 0.5) is 18.9 Å². The zero-order valence-electron chi connectivity index (χ0n) is 16.5. The van der Waals surface area contributed by atoms with Gasteiger partial charge in [0.25, 0.3) is 0 Å².